The van der Waals surface area contributed by atoms with Gasteiger partial charge in [0.05, 0.1) is 31.5 Å². The van der Waals surface area contributed by atoms with E-state index in [-0.39, 0.29) is 48.7 Å². The molecule has 29 heavy (non-hydrogen) atoms. The van der Waals surface area contributed by atoms with Gasteiger partial charge in [0.25, 0.3) is 0 Å². The number of methoxy groups -OCH3 is 1. The number of carboxylic acid groups (broad SMARTS) is 2. The number of carbonyl (C=O) groups is 2. The highest BCUT2D eigenvalue weighted by molar-refractivity contribution is 5.99. The number of benzene rings is 2. The zero-order valence-electron chi connectivity index (χ0n) is 15.8. The number of aliphatic hydroxyl groups is 2. The quantitative estimate of drug-likeness (QED) is 0.398. The second-order valence-electron chi connectivity index (χ2n) is 6.35. The van der Waals surface area contributed by atoms with Crippen LogP contribution in [-0.2, 0) is 35.6 Å². The van der Waals surface area contributed by atoms with Crippen molar-refractivity contribution < 1.29 is 39.9 Å². The summed E-state index contributed by atoms with van der Waals surface area (Å²) in [5.41, 5.74) is 1.29. The van der Waals surface area contributed by atoms with E-state index in [4.69, 9.17) is 4.74 Å². The van der Waals surface area contributed by atoms with Crippen molar-refractivity contribution in [1.82, 2.24) is 0 Å². The van der Waals surface area contributed by atoms with E-state index in [9.17, 15) is 35.1 Å². The van der Waals surface area contributed by atoms with Crippen LogP contribution in [0.1, 0.15) is 22.3 Å². The molecule has 0 aromatic heterocycles. The molecule has 0 aliphatic heterocycles. The fraction of sp³-hybridized carbons (Fsp3) is 0.238. The van der Waals surface area contributed by atoms with Crippen molar-refractivity contribution in [2.45, 2.75) is 26.1 Å². The summed E-state index contributed by atoms with van der Waals surface area (Å²) in [4.78, 5) is 23.6. The third-order valence-corrected chi connectivity index (χ3v) is 4.50. The Labute approximate surface area is 166 Å². The van der Waals surface area contributed by atoms with Gasteiger partial charge in [-0.1, -0.05) is 24.3 Å². The summed E-state index contributed by atoms with van der Waals surface area (Å²) < 4.78 is 5.00. The smallest absolute Gasteiger partial charge is 0.332 e. The molecule has 5 N–H and O–H groups in total. The van der Waals surface area contributed by atoms with Crippen LogP contribution in [0, 0.1) is 0 Å². The molecule has 2 aromatic carbocycles. The number of aliphatic carboxylic acids is 2. The molecular weight excluding hydrogens is 380 g/mol. The molecule has 0 heterocycles. The van der Waals surface area contributed by atoms with E-state index in [1.807, 2.05) is 0 Å². The molecule has 0 atom stereocenters. The van der Waals surface area contributed by atoms with Crippen molar-refractivity contribution in [2.24, 2.45) is 0 Å². The van der Waals surface area contributed by atoms with E-state index < -0.39 is 11.9 Å². The second kappa shape index (κ2) is 9.72. The normalized spacial score (nSPS) is 11.7. The van der Waals surface area contributed by atoms with Gasteiger partial charge in [0.2, 0.25) is 0 Å². The number of hydrogen-bond donors (Lipinski definition) is 5. The van der Waals surface area contributed by atoms with Crippen molar-refractivity contribution in [1.29, 1.82) is 0 Å². The minimum Gasteiger partial charge on any atom is -0.504 e. The summed E-state index contributed by atoms with van der Waals surface area (Å²) in [6.45, 7) is -0.615. The molecule has 2 rings (SSSR count). The Hall–Kier alpha value is -3.36. The number of aromatic hydroxyl groups is 1. The largest absolute Gasteiger partial charge is 0.504 e. The first-order chi connectivity index (χ1) is 13.8. The fourth-order valence-corrected chi connectivity index (χ4v) is 2.95. The molecule has 0 aliphatic carbocycles. The predicted octanol–water partition coefficient (Wildman–Crippen LogP) is 1.64. The number of hydrogen-bond acceptors (Lipinski definition) is 6. The van der Waals surface area contributed by atoms with E-state index in [0.717, 1.165) is 0 Å². The Kier molecular flexibility index (Phi) is 7.35. The van der Waals surface area contributed by atoms with Gasteiger partial charge in [-0.2, -0.15) is 0 Å². The van der Waals surface area contributed by atoms with Gasteiger partial charge in [-0.05, 0) is 34.4 Å². The SMILES string of the molecule is COc1cc(C/C(C(=O)O)=C(\Cc2ccc(CO)c(CO)c2)C(=O)O)ccc1O. The molecular formula is C21H22O8. The Morgan fingerprint density at radius 2 is 1.34 bits per heavy atom. The van der Waals surface area contributed by atoms with Gasteiger partial charge >= 0.3 is 11.9 Å². The third-order valence-electron chi connectivity index (χ3n) is 4.50. The van der Waals surface area contributed by atoms with Crippen LogP contribution < -0.4 is 4.74 Å². The standard InChI is InChI=1S/C21H22O8/c1-29-19-9-13(3-5-18(19)24)8-17(21(27)28)16(20(25)26)7-12-2-4-14(10-22)15(6-12)11-23/h2-6,9,22-24H,7-8,10-11H2,1H3,(H,25,26)(H,27,28)/b17-16-. The lowest BCUT2D eigenvalue weighted by Gasteiger charge is -2.12. The van der Waals surface area contributed by atoms with Crippen LogP contribution in [0.5, 0.6) is 11.5 Å². The Morgan fingerprint density at radius 1 is 0.828 bits per heavy atom. The Balaban J connectivity index is 2.46. The minimum atomic E-state index is -1.37. The van der Waals surface area contributed by atoms with Crippen molar-refractivity contribution in [3.05, 3.63) is 69.8 Å². The first kappa shape index (κ1) is 21.9. The van der Waals surface area contributed by atoms with Gasteiger partial charge < -0.3 is 30.3 Å². The molecule has 0 radical (unpaired) electrons. The van der Waals surface area contributed by atoms with Crippen molar-refractivity contribution in [2.75, 3.05) is 7.11 Å². The van der Waals surface area contributed by atoms with Crippen LogP contribution in [0.15, 0.2) is 47.5 Å². The summed E-state index contributed by atoms with van der Waals surface area (Å²) in [6, 6.07) is 8.95. The second-order valence-corrected chi connectivity index (χ2v) is 6.35. The maximum Gasteiger partial charge on any atom is 0.332 e. The van der Waals surface area contributed by atoms with Gasteiger partial charge in [0.1, 0.15) is 0 Å². The van der Waals surface area contributed by atoms with Crippen LogP contribution in [0.25, 0.3) is 0 Å². The number of carboxylic acids is 2. The lowest BCUT2D eigenvalue weighted by atomic mass is 9.93. The highest BCUT2D eigenvalue weighted by Crippen LogP contribution is 2.28. The lowest BCUT2D eigenvalue weighted by Crippen LogP contribution is -2.15. The van der Waals surface area contributed by atoms with Crippen LogP contribution in [0.4, 0.5) is 0 Å². The highest BCUT2D eigenvalue weighted by Gasteiger charge is 2.22. The van der Waals surface area contributed by atoms with Gasteiger partial charge in [-0.3, -0.25) is 0 Å². The van der Waals surface area contributed by atoms with E-state index in [0.29, 0.717) is 22.3 Å². The van der Waals surface area contributed by atoms with E-state index in [1.54, 1.807) is 12.1 Å². The predicted molar refractivity (Wildman–Crippen MR) is 103 cm³/mol. The molecule has 0 fully saturated rings. The molecule has 154 valence electrons. The summed E-state index contributed by atoms with van der Waals surface area (Å²) >= 11 is 0. The highest BCUT2D eigenvalue weighted by atomic mass is 16.5. The first-order valence-corrected chi connectivity index (χ1v) is 8.67. The maximum absolute atomic E-state index is 11.8. The average Bonchev–Trinajstić information content (AvgIpc) is 2.71. The molecule has 8 nitrogen and oxygen atoms in total. The monoisotopic (exact) mass is 402 g/mol. The summed E-state index contributed by atoms with van der Waals surface area (Å²) in [5.74, 6) is -2.71. The van der Waals surface area contributed by atoms with E-state index >= 15 is 0 Å². The number of aliphatic hydroxyl groups excluding tert-OH is 2. The van der Waals surface area contributed by atoms with Crippen molar-refractivity contribution in [3.63, 3.8) is 0 Å². The molecule has 0 amide bonds. The maximum atomic E-state index is 11.8. The minimum absolute atomic E-state index is 0.115. The van der Waals surface area contributed by atoms with Crippen molar-refractivity contribution in [3.8, 4) is 11.5 Å². The molecule has 0 spiro atoms. The molecule has 2 aromatic rings. The third kappa shape index (κ3) is 5.34. The van der Waals surface area contributed by atoms with Crippen LogP contribution in [0.2, 0.25) is 0 Å². The molecule has 0 aliphatic rings. The lowest BCUT2D eigenvalue weighted by molar-refractivity contribution is -0.136. The van der Waals surface area contributed by atoms with Crippen LogP contribution in [-0.4, -0.2) is 44.6 Å². The summed E-state index contributed by atoms with van der Waals surface area (Å²) in [6.07, 6.45) is -0.361. The van der Waals surface area contributed by atoms with Crippen LogP contribution in [0.3, 0.4) is 0 Å². The van der Waals surface area contributed by atoms with Gasteiger partial charge in [0.15, 0.2) is 11.5 Å². The Morgan fingerprint density at radius 3 is 1.83 bits per heavy atom. The van der Waals surface area contributed by atoms with Crippen LogP contribution >= 0.6 is 0 Å². The molecule has 0 bridgehead atoms. The molecule has 0 unspecified atom stereocenters. The first-order valence-electron chi connectivity index (χ1n) is 8.67. The average molecular weight is 402 g/mol. The summed E-state index contributed by atoms with van der Waals surface area (Å²) in [5, 5.41) is 47.6. The van der Waals surface area contributed by atoms with Gasteiger partial charge in [-0.15, -0.1) is 0 Å². The Bertz CT molecular complexity index is 946. The van der Waals surface area contributed by atoms with E-state index in [1.165, 1.54) is 31.4 Å². The fourth-order valence-electron chi connectivity index (χ4n) is 2.95. The zero-order valence-corrected chi connectivity index (χ0v) is 15.8. The molecule has 0 saturated carbocycles. The zero-order chi connectivity index (χ0) is 21.6. The molecule has 8 heteroatoms. The topological polar surface area (TPSA) is 145 Å². The van der Waals surface area contributed by atoms with Gasteiger partial charge in [-0.25, -0.2) is 9.59 Å². The number of rotatable bonds is 9. The van der Waals surface area contributed by atoms with Crippen molar-refractivity contribution >= 4 is 11.9 Å². The number of ether oxygens (including phenoxy) is 1. The number of phenolic OH excluding ortho intramolecular Hbond substituents is 1. The van der Waals surface area contributed by atoms with Gasteiger partial charge in [0, 0.05) is 12.8 Å². The van der Waals surface area contributed by atoms with E-state index in [2.05, 4.69) is 0 Å². The molecule has 0 saturated heterocycles. The number of phenols is 1. The summed E-state index contributed by atoms with van der Waals surface area (Å²) in [7, 11) is 1.35.